The highest BCUT2D eigenvalue weighted by Crippen LogP contribution is 2.49. The lowest BCUT2D eigenvalue weighted by molar-refractivity contribution is -0.123. The zero-order valence-corrected chi connectivity index (χ0v) is 23.9. The Labute approximate surface area is 246 Å². The molecule has 7 nitrogen and oxygen atoms in total. The van der Waals surface area contributed by atoms with Crippen LogP contribution in [0.5, 0.6) is 0 Å². The van der Waals surface area contributed by atoms with E-state index in [0.717, 1.165) is 30.0 Å². The normalized spacial score (nSPS) is 18.5. The highest BCUT2D eigenvalue weighted by atomic mass is 32.2. The van der Waals surface area contributed by atoms with E-state index in [4.69, 9.17) is 9.84 Å². The molecular formula is C32H30F2N4O3S. The topological polar surface area (TPSA) is 76.5 Å². The molecule has 0 saturated carbocycles. The van der Waals surface area contributed by atoms with Crippen LogP contribution in [-0.4, -0.2) is 53.1 Å². The first kappa shape index (κ1) is 28.1. The van der Waals surface area contributed by atoms with E-state index in [1.807, 2.05) is 61.5 Å². The molecule has 2 aliphatic heterocycles. The van der Waals surface area contributed by atoms with Crippen molar-refractivity contribution < 1.29 is 23.1 Å². The molecule has 0 radical (unpaired) electrons. The van der Waals surface area contributed by atoms with Crippen LogP contribution in [0.1, 0.15) is 34.8 Å². The van der Waals surface area contributed by atoms with Gasteiger partial charge in [-0.25, -0.2) is 13.5 Å². The maximum Gasteiger partial charge on any atom is 0.240 e. The van der Waals surface area contributed by atoms with Crippen molar-refractivity contribution in [3.05, 3.63) is 101 Å². The zero-order valence-electron chi connectivity index (χ0n) is 23.1. The molecule has 1 aromatic heterocycles. The van der Waals surface area contributed by atoms with Gasteiger partial charge in [0.2, 0.25) is 11.8 Å². The van der Waals surface area contributed by atoms with Crippen LogP contribution in [-0.2, 0) is 14.3 Å². The van der Waals surface area contributed by atoms with E-state index in [0.29, 0.717) is 35.9 Å². The quantitative estimate of drug-likeness (QED) is 0.305. The Balaban J connectivity index is 1.53. The summed E-state index contributed by atoms with van der Waals surface area (Å²) in [6.45, 7) is 2.76. The lowest BCUT2D eigenvalue weighted by Crippen LogP contribution is -2.44. The third kappa shape index (κ3) is 5.69. The second-order valence-corrected chi connectivity index (χ2v) is 11.6. The molecule has 1 saturated heterocycles. The number of nitrogens with one attached hydrogen (secondary N) is 1. The zero-order chi connectivity index (χ0) is 29.2. The average molecular weight is 589 g/mol. The Morgan fingerprint density at radius 1 is 1.10 bits per heavy atom. The number of aryl methyl sites for hydroxylation is 1. The van der Waals surface area contributed by atoms with Crippen LogP contribution < -0.4 is 10.2 Å². The molecule has 2 aliphatic rings. The summed E-state index contributed by atoms with van der Waals surface area (Å²) in [6, 6.07) is 20.6. The van der Waals surface area contributed by atoms with Gasteiger partial charge in [0.15, 0.2) is 0 Å². The first-order valence-electron chi connectivity index (χ1n) is 13.9. The van der Waals surface area contributed by atoms with Crippen molar-refractivity contribution in [2.24, 2.45) is 0 Å². The van der Waals surface area contributed by atoms with E-state index in [9.17, 15) is 14.0 Å². The molecule has 3 aromatic carbocycles. The van der Waals surface area contributed by atoms with Crippen LogP contribution in [0.2, 0.25) is 0 Å². The average Bonchev–Trinajstić information content (AvgIpc) is 3.62. The number of ether oxygens (including phenoxy) is 1. The molecule has 0 spiro atoms. The molecule has 0 aliphatic carbocycles. The smallest absolute Gasteiger partial charge is 0.240 e. The molecular weight excluding hydrogens is 558 g/mol. The third-order valence-electron chi connectivity index (χ3n) is 7.51. The van der Waals surface area contributed by atoms with Gasteiger partial charge in [-0.3, -0.25) is 14.5 Å². The molecule has 4 aromatic rings. The largest absolute Gasteiger partial charge is 0.376 e. The molecule has 0 bridgehead atoms. The Hall–Kier alpha value is -4.02. The van der Waals surface area contributed by atoms with Gasteiger partial charge in [0.1, 0.15) is 24.0 Å². The molecule has 10 heteroatoms. The fourth-order valence-electron chi connectivity index (χ4n) is 5.39. The van der Waals surface area contributed by atoms with Crippen molar-refractivity contribution in [2.75, 3.05) is 30.3 Å². The number of amides is 2. The summed E-state index contributed by atoms with van der Waals surface area (Å²) in [5, 5.41) is 7.20. The number of carbonyl (C=O) groups excluding carboxylic acids is 2. The van der Waals surface area contributed by atoms with Crippen LogP contribution >= 0.6 is 11.8 Å². The van der Waals surface area contributed by atoms with Gasteiger partial charge in [-0.1, -0.05) is 54.1 Å². The summed E-state index contributed by atoms with van der Waals surface area (Å²) in [5.41, 5.74) is 3.86. The minimum absolute atomic E-state index is 0.0166. The minimum Gasteiger partial charge on any atom is -0.376 e. The maximum atomic E-state index is 15.4. The first-order valence-corrected chi connectivity index (χ1v) is 14.9. The molecule has 2 amide bonds. The number of hydrogen-bond acceptors (Lipinski definition) is 5. The highest BCUT2D eigenvalue weighted by molar-refractivity contribution is 8.00. The van der Waals surface area contributed by atoms with E-state index < -0.39 is 16.9 Å². The molecule has 1 fully saturated rings. The van der Waals surface area contributed by atoms with Crippen LogP contribution in [0.4, 0.5) is 14.6 Å². The predicted octanol–water partition coefficient (Wildman–Crippen LogP) is 5.59. The van der Waals surface area contributed by atoms with Crippen LogP contribution in [0, 0.1) is 18.6 Å². The van der Waals surface area contributed by atoms with Gasteiger partial charge in [0.05, 0.1) is 28.5 Å². The van der Waals surface area contributed by atoms with Crippen molar-refractivity contribution in [3.63, 3.8) is 0 Å². The number of nitrogens with zero attached hydrogens (tertiary/aromatic N) is 3. The molecule has 216 valence electrons. The van der Waals surface area contributed by atoms with E-state index in [1.165, 1.54) is 28.8 Å². The number of thioether (sulfide) groups is 1. The third-order valence-corrected chi connectivity index (χ3v) is 8.75. The Morgan fingerprint density at radius 2 is 1.88 bits per heavy atom. The number of rotatable bonds is 7. The van der Waals surface area contributed by atoms with Gasteiger partial charge < -0.3 is 10.1 Å². The van der Waals surface area contributed by atoms with Gasteiger partial charge in [-0.2, -0.15) is 5.10 Å². The van der Waals surface area contributed by atoms with Gasteiger partial charge in [0.25, 0.3) is 0 Å². The van der Waals surface area contributed by atoms with Crippen molar-refractivity contribution in [2.45, 2.75) is 31.1 Å². The van der Waals surface area contributed by atoms with Gasteiger partial charge >= 0.3 is 0 Å². The van der Waals surface area contributed by atoms with Crippen LogP contribution in [0.3, 0.4) is 0 Å². The number of aromatic nitrogens is 2. The summed E-state index contributed by atoms with van der Waals surface area (Å²) in [7, 11) is 0. The maximum absolute atomic E-state index is 15.4. The fraction of sp³-hybridized carbons (Fsp3) is 0.281. The number of benzene rings is 3. The summed E-state index contributed by atoms with van der Waals surface area (Å²) >= 11 is 1.23. The number of halogens is 2. The van der Waals surface area contributed by atoms with Crippen molar-refractivity contribution in [1.82, 2.24) is 15.1 Å². The lowest BCUT2D eigenvalue weighted by Gasteiger charge is -2.23. The van der Waals surface area contributed by atoms with Crippen molar-refractivity contribution >= 4 is 29.4 Å². The van der Waals surface area contributed by atoms with E-state index in [1.54, 1.807) is 4.68 Å². The molecule has 42 heavy (non-hydrogen) atoms. The first-order chi connectivity index (χ1) is 20.4. The SMILES string of the molecule is Cc1ccc(-n2nc(-c3ccccc3)c3c2N(CC(=O)NCC2CCCO2)C(=O)CSC3c2ccc(F)cc2F)cc1. The van der Waals surface area contributed by atoms with E-state index >= 15 is 4.39 Å². The van der Waals surface area contributed by atoms with E-state index in [2.05, 4.69) is 5.32 Å². The number of anilines is 1. The van der Waals surface area contributed by atoms with Gasteiger partial charge in [-0.15, -0.1) is 11.8 Å². The predicted molar refractivity (Wildman–Crippen MR) is 159 cm³/mol. The van der Waals surface area contributed by atoms with Crippen LogP contribution in [0.15, 0.2) is 72.8 Å². The highest BCUT2D eigenvalue weighted by Gasteiger charge is 2.38. The Kier molecular flexibility index (Phi) is 8.08. The molecule has 2 unspecified atom stereocenters. The molecule has 3 heterocycles. The standard InChI is InChI=1S/C32H30F2N4O3S/c1-20-9-12-23(13-10-20)38-32-29(30(36-38)21-6-3-2-4-7-21)31(25-14-11-22(33)16-26(25)34)42-19-28(40)37(32)18-27(39)35-17-24-8-5-15-41-24/h2-4,6-7,9-14,16,24,31H,5,8,15,17-19H2,1H3,(H,35,39). The van der Waals surface area contributed by atoms with Crippen LogP contribution in [0.25, 0.3) is 16.9 Å². The monoisotopic (exact) mass is 588 g/mol. The summed E-state index contributed by atoms with van der Waals surface area (Å²) in [6.07, 6.45) is 1.77. The van der Waals surface area contributed by atoms with Gasteiger partial charge in [-0.05, 0) is 38.0 Å². The second kappa shape index (κ2) is 12.1. The minimum atomic E-state index is -0.712. The van der Waals surface area contributed by atoms with Crippen molar-refractivity contribution in [3.8, 4) is 16.9 Å². The number of hydrogen-bond donors (Lipinski definition) is 1. The van der Waals surface area contributed by atoms with Gasteiger partial charge in [0, 0.05) is 35.9 Å². The molecule has 1 N–H and O–H groups in total. The molecule has 6 rings (SSSR count). The summed E-state index contributed by atoms with van der Waals surface area (Å²) < 4.78 is 36.6. The summed E-state index contributed by atoms with van der Waals surface area (Å²) in [4.78, 5) is 28.5. The summed E-state index contributed by atoms with van der Waals surface area (Å²) in [5.74, 6) is -1.68. The van der Waals surface area contributed by atoms with E-state index in [-0.39, 0.29) is 35.8 Å². The fourth-order valence-corrected chi connectivity index (χ4v) is 6.61. The number of carbonyl (C=O) groups is 2. The number of fused-ring (bicyclic) bond motifs is 1. The lowest BCUT2D eigenvalue weighted by atomic mass is 9.99. The molecule has 2 atom stereocenters. The Bertz CT molecular complexity index is 1600. The Morgan fingerprint density at radius 3 is 2.60 bits per heavy atom. The second-order valence-electron chi connectivity index (χ2n) is 10.5. The van der Waals surface area contributed by atoms with Crippen molar-refractivity contribution in [1.29, 1.82) is 0 Å².